The van der Waals surface area contributed by atoms with Crippen LogP contribution < -0.4 is 9.47 Å². The van der Waals surface area contributed by atoms with Crippen LogP contribution in [0.3, 0.4) is 0 Å². The van der Waals surface area contributed by atoms with Crippen LogP contribution in [0.2, 0.25) is 5.02 Å². The van der Waals surface area contributed by atoms with E-state index in [1.165, 1.54) is 12.8 Å². The highest BCUT2D eigenvalue weighted by Gasteiger charge is 2.23. The second kappa shape index (κ2) is 10.9. The standard InChI is InChI=1S/C21H31ClN2O4/c1-2-3-4-5-6-24(8-7-23-9-11-26-12-10-23)21(25)17-15-18(22)20-19(16-17)27-13-14-28-20/h15-16H,2-14H2,1H3. The van der Waals surface area contributed by atoms with Crippen LogP contribution >= 0.6 is 11.6 Å². The molecule has 6 nitrogen and oxygen atoms in total. The molecule has 0 radical (unpaired) electrons. The molecule has 1 aromatic carbocycles. The molecule has 3 rings (SSSR count). The molecule has 0 bridgehead atoms. The molecule has 1 aromatic rings. The normalized spacial score (nSPS) is 16.8. The molecule has 2 aliphatic heterocycles. The molecule has 28 heavy (non-hydrogen) atoms. The van der Waals surface area contributed by atoms with Crippen molar-refractivity contribution in [1.82, 2.24) is 9.80 Å². The van der Waals surface area contributed by atoms with Crippen LogP contribution in [0, 0.1) is 0 Å². The molecule has 7 heteroatoms. The van der Waals surface area contributed by atoms with E-state index in [0.29, 0.717) is 41.8 Å². The van der Waals surface area contributed by atoms with Gasteiger partial charge >= 0.3 is 0 Å². The zero-order valence-electron chi connectivity index (χ0n) is 16.8. The number of hydrogen-bond acceptors (Lipinski definition) is 5. The summed E-state index contributed by atoms with van der Waals surface area (Å²) in [6, 6.07) is 3.46. The van der Waals surface area contributed by atoms with Crippen molar-refractivity contribution < 1.29 is 19.0 Å². The first-order valence-corrected chi connectivity index (χ1v) is 10.8. The number of ether oxygens (including phenoxy) is 3. The lowest BCUT2D eigenvalue weighted by molar-refractivity contribution is 0.0324. The predicted molar refractivity (Wildman–Crippen MR) is 110 cm³/mol. The highest BCUT2D eigenvalue weighted by molar-refractivity contribution is 6.32. The van der Waals surface area contributed by atoms with Crippen molar-refractivity contribution in [1.29, 1.82) is 0 Å². The molecule has 0 spiro atoms. The lowest BCUT2D eigenvalue weighted by Crippen LogP contribution is -2.43. The third-order valence-corrected chi connectivity index (χ3v) is 5.48. The number of morpholine rings is 1. The van der Waals surface area contributed by atoms with Crippen molar-refractivity contribution >= 4 is 17.5 Å². The van der Waals surface area contributed by atoms with E-state index in [-0.39, 0.29) is 5.91 Å². The lowest BCUT2D eigenvalue weighted by Gasteiger charge is -2.30. The molecule has 0 atom stereocenters. The van der Waals surface area contributed by atoms with Gasteiger partial charge in [0.05, 0.1) is 18.2 Å². The van der Waals surface area contributed by atoms with Crippen LogP contribution in [0.4, 0.5) is 0 Å². The van der Waals surface area contributed by atoms with E-state index in [1.807, 2.05) is 4.90 Å². The molecule has 0 aliphatic carbocycles. The van der Waals surface area contributed by atoms with E-state index in [4.69, 9.17) is 25.8 Å². The third-order valence-electron chi connectivity index (χ3n) is 5.20. The van der Waals surface area contributed by atoms with Gasteiger partial charge in [-0.25, -0.2) is 0 Å². The molecule has 0 saturated carbocycles. The summed E-state index contributed by atoms with van der Waals surface area (Å²) in [5.74, 6) is 1.09. The molecule has 2 aliphatic rings. The summed E-state index contributed by atoms with van der Waals surface area (Å²) in [4.78, 5) is 17.6. The third kappa shape index (κ3) is 5.75. The summed E-state index contributed by atoms with van der Waals surface area (Å²) >= 11 is 6.34. The first-order chi connectivity index (χ1) is 13.7. The predicted octanol–water partition coefficient (Wildman–Crippen LogP) is 3.47. The maximum atomic E-state index is 13.2. The maximum Gasteiger partial charge on any atom is 0.254 e. The quantitative estimate of drug-likeness (QED) is 0.583. The average Bonchev–Trinajstić information content (AvgIpc) is 2.73. The van der Waals surface area contributed by atoms with Crippen molar-refractivity contribution in [3.8, 4) is 11.5 Å². The molecule has 0 unspecified atom stereocenters. The summed E-state index contributed by atoms with van der Waals surface area (Å²) in [6.07, 6.45) is 4.53. The summed E-state index contributed by atoms with van der Waals surface area (Å²) in [5, 5.41) is 0.430. The lowest BCUT2D eigenvalue weighted by atomic mass is 10.1. The Morgan fingerprint density at radius 1 is 1.07 bits per heavy atom. The van der Waals surface area contributed by atoms with Gasteiger partial charge in [0, 0.05) is 38.3 Å². The molecule has 1 amide bonds. The molecular weight excluding hydrogens is 380 g/mol. The van der Waals surface area contributed by atoms with Crippen LogP contribution in [0.5, 0.6) is 11.5 Å². The Morgan fingerprint density at radius 3 is 2.64 bits per heavy atom. The number of unbranched alkanes of at least 4 members (excludes halogenated alkanes) is 3. The first-order valence-electron chi connectivity index (χ1n) is 10.4. The average molecular weight is 411 g/mol. The molecule has 1 saturated heterocycles. The van der Waals surface area contributed by atoms with Crippen LogP contribution in [-0.4, -0.2) is 74.9 Å². The second-order valence-electron chi connectivity index (χ2n) is 7.29. The topological polar surface area (TPSA) is 51.2 Å². The summed E-state index contributed by atoms with van der Waals surface area (Å²) in [5.41, 5.74) is 0.562. The number of fused-ring (bicyclic) bond motifs is 1. The number of nitrogens with zero attached hydrogens (tertiary/aromatic N) is 2. The van der Waals surface area contributed by atoms with Crippen molar-refractivity contribution in [3.63, 3.8) is 0 Å². The van der Waals surface area contributed by atoms with Crippen molar-refractivity contribution in [2.24, 2.45) is 0 Å². The van der Waals surface area contributed by atoms with Crippen LogP contribution in [0.15, 0.2) is 12.1 Å². The Balaban J connectivity index is 1.68. The number of rotatable bonds is 9. The zero-order chi connectivity index (χ0) is 19.8. The summed E-state index contributed by atoms with van der Waals surface area (Å²) in [6.45, 7) is 8.85. The van der Waals surface area contributed by atoms with E-state index in [0.717, 1.165) is 52.2 Å². The van der Waals surface area contributed by atoms with Gasteiger partial charge < -0.3 is 19.1 Å². The van der Waals surface area contributed by atoms with Gasteiger partial charge in [-0.15, -0.1) is 0 Å². The summed E-state index contributed by atoms with van der Waals surface area (Å²) in [7, 11) is 0. The van der Waals surface area contributed by atoms with Crippen LogP contribution in [0.25, 0.3) is 0 Å². The van der Waals surface area contributed by atoms with Crippen LogP contribution in [-0.2, 0) is 4.74 Å². The highest BCUT2D eigenvalue weighted by atomic mass is 35.5. The van der Waals surface area contributed by atoms with Gasteiger partial charge in [0.15, 0.2) is 11.5 Å². The highest BCUT2D eigenvalue weighted by Crippen LogP contribution is 2.38. The van der Waals surface area contributed by atoms with Gasteiger partial charge in [-0.05, 0) is 18.6 Å². The van der Waals surface area contributed by atoms with Crippen molar-refractivity contribution in [3.05, 3.63) is 22.7 Å². The largest absolute Gasteiger partial charge is 0.486 e. The smallest absolute Gasteiger partial charge is 0.254 e. The van der Waals surface area contributed by atoms with Gasteiger partial charge in [0.25, 0.3) is 5.91 Å². The van der Waals surface area contributed by atoms with Gasteiger partial charge in [0.2, 0.25) is 0 Å². The van der Waals surface area contributed by atoms with E-state index in [2.05, 4.69) is 11.8 Å². The number of benzene rings is 1. The van der Waals surface area contributed by atoms with E-state index < -0.39 is 0 Å². The van der Waals surface area contributed by atoms with Gasteiger partial charge in [0.1, 0.15) is 13.2 Å². The number of carbonyl (C=O) groups excluding carboxylic acids is 1. The zero-order valence-corrected chi connectivity index (χ0v) is 17.5. The molecule has 156 valence electrons. The Bertz CT molecular complexity index is 650. The van der Waals surface area contributed by atoms with Gasteiger partial charge in [-0.1, -0.05) is 37.8 Å². The molecule has 0 aromatic heterocycles. The van der Waals surface area contributed by atoms with E-state index in [9.17, 15) is 4.79 Å². The van der Waals surface area contributed by atoms with Gasteiger partial charge in [-0.3, -0.25) is 9.69 Å². The fraction of sp³-hybridized carbons (Fsp3) is 0.667. The number of halogens is 1. The minimum absolute atomic E-state index is 0.00336. The Kier molecular flexibility index (Phi) is 8.25. The molecule has 1 fully saturated rings. The fourth-order valence-electron chi connectivity index (χ4n) is 3.55. The maximum absolute atomic E-state index is 13.2. The summed E-state index contributed by atoms with van der Waals surface area (Å²) < 4.78 is 16.6. The van der Waals surface area contributed by atoms with E-state index >= 15 is 0 Å². The Labute approximate surface area is 172 Å². The van der Waals surface area contributed by atoms with E-state index in [1.54, 1.807) is 12.1 Å². The Morgan fingerprint density at radius 2 is 1.86 bits per heavy atom. The SMILES string of the molecule is CCCCCCN(CCN1CCOCC1)C(=O)c1cc(Cl)c2c(c1)OCCO2. The number of hydrogen-bond donors (Lipinski definition) is 0. The minimum Gasteiger partial charge on any atom is -0.486 e. The second-order valence-corrected chi connectivity index (χ2v) is 7.70. The first kappa shape index (κ1) is 21.2. The van der Waals surface area contributed by atoms with Crippen LogP contribution in [0.1, 0.15) is 43.0 Å². The molecule has 2 heterocycles. The monoisotopic (exact) mass is 410 g/mol. The van der Waals surface area contributed by atoms with Crippen molar-refractivity contribution in [2.75, 3.05) is 59.2 Å². The number of amides is 1. The molecule has 0 N–H and O–H groups in total. The van der Waals surface area contributed by atoms with Crippen molar-refractivity contribution in [2.45, 2.75) is 32.6 Å². The fourth-order valence-corrected chi connectivity index (χ4v) is 3.81. The Hall–Kier alpha value is -1.50. The molecular formula is C21H31ClN2O4. The van der Waals surface area contributed by atoms with Gasteiger partial charge in [-0.2, -0.15) is 0 Å². The number of carbonyl (C=O) groups is 1. The minimum atomic E-state index is 0.00336.